The number of methoxy groups -OCH3 is 2. The minimum absolute atomic E-state index is 0.00615. The Labute approximate surface area is 217 Å². The van der Waals surface area contributed by atoms with Crippen LogP contribution < -0.4 is 14.4 Å². The number of amides is 1. The van der Waals surface area contributed by atoms with Crippen molar-refractivity contribution in [2.45, 2.75) is 26.3 Å². The fourth-order valence-corrected chi connectivity index (χ4v) is 4.10. The van der Waals surface area contributed by atoms with E-state index in [2.05, 4.69) is 4.98 Å². The molecule has 3 rings (SSSR count). The number of hydrogen-bond acceptors (Lipinski definition) is 8. The molecule has 9 nitrogen and oxygen atoms in total. The highest BCUT2D eigenvalue weighted by Gasteiger charge is 2.43. The molecule has 1 amide bonds. The number of ether oxygens (including phenoxy) is 4. The lowest BCUT2D eigenvalue weighted by atomic mass is 9.96. The minimum Gasteiger partial charge on any atom is -0.467 e. The van der Waals surface area contributed by atoms with Crippen LogP contribution in [0.2, 0.25) is 0 Å². The molecule has 0 aliphatic carbocycles. The molecule has 3 aromatic rings. The Morgan fingerprint density at radius 1 is 0.811 bits per heavy atom. The molecule has 37 heavy (non-hydrogen) atoms. The predicted molar refractivity (Wildman–Crippen MR) is 141 cm³/mol. The Balaban J connectivity index is 2.17. The maximum absolute atomic E-state index is 13.1. The normalized spacial score (nSPS) is 12.2. The van der Waals surface area contributed by atoms with Gasteiger partial charge in [0.1, 0.15) is 11.5 Å². The summed E-state index contributed by atoms with van der Waals surface area (Å²) in [5.41, 5.74) is 0.723. The van der Waals surface area contributed by atoms with E-state index in [1.54, 1.807) is 25.9 Å². The van der Waals surface area contributed by atoms with Crippen molar-refractivity contribution in [2.75, 3.05) is 39.8 Å². The molecule has 0 aliphatic heterocycles. The van der Waals surface area contributed by atoms with E-state index in [1.165, 1.54) is 19.1 Å². The van der Waals surface area contributed by atoms with Gasteiger partial charge in [0.15, 0.2) is 5.54 Å². The molecule has 0 N–H and O–H groups in total. The third kappa shape index (κ3) is 5.94. The van der Waals surface area contributed by atoms with Gasteiger partial charge >= 0.3 is 12.1 Å². The lowest BCUT2D eigenvalue weighted by Gasteiger charge is -2.41. The minimum atomic E-state index is -1.29. The fraction of sp³-hybridized carbons (Fsp3) is 0.321. The first kappa shape index (κ1) is 27.3. The molecule has 2 aromatic carbocycles. The number of aromatic nitrogens is 1. The highest BCUT2D eigenvalue weighted by molar-refractivity contribution is 5.87. The average Bonchev–Trinajstić information content (AvgIpc) is 2.91. The molecular formula is C28H33N3O6. The second-order valence-electron chi connectivity index (χ2n) is 8.80. The van der Waals surface area contributed by atoms with Gasteiger partial charge in [-0.1, -0.05) is 36.4 Å². The first-order valence-corrected chi connectivity index (χ1v) is 11.7. The number of likely N-dealkylation sites (N-methyl/N-ethyl adjacent to an activating group) is 2. The summed E-state index contributed by atoms with van der Waals surface area (Å²) in [6.07, 6.45) is -0.576. The first-order valence-electron chi connectivity index (χ1n) is 11.7. The van der Waals surface area contributed by atoms with Gasteiger partial charge in [0, 0.05) is 25.2 Å². The van der Waals surface area contributed by atoms with Crippen molar-refractivity contribution in [2.24, 2.45) is 0 Å². The predicted octanol–water partition coefficient (Wildman–Crippen LogP) is 5.35. The van der Waals surface area contributed by atoms with E-state index >= 15 is 0 Å². The van der Waals surface area contributed by atoms with E-state index in [0.29, 0.717) is 40.1 Å². The SMILES string of the molecule is COC(=O)N(C)CC(C)(C(=O)OC)N(C)c1c(C)c(Oc2ccccc2)nc(Oc2ccccc2)c1C. The molecule has 0 saturated heterocycles. The second kappa shape index (κ2) is 11.6. The topological polar surface area (TPSA) is 90.4 Å². The molecular weight excluding hydrogens is 474 g/mol. The molecule has 0 spiro atoms. The van der Waals surface area contributed by atoms with Crippen LogP contribution in [0.15, 0.2) is 60.7 Å². The van der Waals surface area contributed by atoms with E-state index in [0.717, 1.165) is 0 Å². The molecule has 0 fully saturated rings. The summed E-state index contributed by atoms with van der Waals surface area (Å²) in [6.45, 7) is 5.41. The number of hydrogen-bond donors (Lipinski definition) is 0. The second-order valence-corrected chi connectivity index (χ2v) is 8.80. The highest BCUT2D eigenvalue weighted by atomic mass is 16.5. The zero-order valence-corrected chi connectivity index (χ0v) is 22.3. The van der Waals surface area contributed by atoms with Crippen LogP contribution in [0.5, 0.6) is 23.3 Å². The van der Waals surface area contributed by atoms with E-state index < -0.39 is 17.6 Å². The van der Waals surface area contributed by atoms with Crippen LogP contribution in [-0.2, 0) is 14.3 Å². The molecule has 0 saturated carbocycles. The number of nitrogens with zero attached hydrogens (tertiary/aromatic N) is 3. The van der Waals surface area contributed by atoms with E-state index in [9.17, 15) is 9.59 Å². The van der Waals surface area contributed by atoms with E-state index in [4.69, 9.17) is 18.9 Å². The summed E-state index contributed by atoms with van der Waals surface area (Å²) in [6, 6.07) is 18.6. The summed E-state index contributed by atoms with van der Waals surface area (Å²) in [4.78, 5) is 33.1. The van der Waals surface area contributed by atoms with Gasteiger partial charge in [-0.25, -0.2) is 9.59 Å². The third-order valence-corrected chi connectivity index (χ3v) is 6.20. The number of esters is 1. The molecule has 1 unspecified atom stereocenters. The van der Waals surface area contributed by atoms with Gasteiger partial charge < -0.3 is 28.7 Å². The largest absolute Gasteiger partial charge is 0.467 e. The lowest BCUT2D eigenvalue weighted by molar-refractivity contribution is -0.146. The van der Waals surface area contributed by atoms with Crippen LogP contribution >= 0.6 is 0 Å². The summed E-state index contributed by atoms with van der Waals surface area (Å²) < 4.78 is 22.3. The number of anilines is 1. The van der Waals surface area contributed by atoms with Crippen LogP contribution in [0.1, 0.15) is 18.1 Å². The van der Waals surface area contributed by atoms with Crippen molar-refractivity contribution >= 4 is 17.7 Å². The number of carbonyl (C=O) groups excluding carboxylic acids is 2. The summed E-state index contributed by atoms with van der Waals surface area (Å²) >= 11 is 0. The number of pyridine rings is 1. The number of rotatable bonds is 9. The highest BCUT2D eigenvalue weighted by Crippen LogP contribution is 2.41. The van der Waals surface area contributed by atoms with E-state index in [-0.39, 0.29) is 6.54 Å². The van der Waals surface area contributed by atoms with Gasteiger partial charge in [-0.15, -0.1) is 0 Å². The van der Waals surface area contributed by atoms with Crippen molar-refractivity contribution in [3.8, 4) is 23.3 Å². The zero-order chi connectivity index (χ0) is 27.2. The molecule has 196 valence electrons. The fourth-order valence-electron chi connectivity index (χ4n) is 4.10. The Hall–Kier alpha value is -4.27. The van der Waals surface area contributed by atoms with Crippen molar-refractivity contribution in [3.63, 3.8) is 0 Å². The molecule has 1 atom stereocenters. The van der Waals surface area contributed by atoms with Gasteiger partial charge in [-0.2, -0.15) is 4.98 Å². The van der Waals surface area contributed by atoms with Crippen molar-refractivity contribution in [1.82, 2.24) is 9.88 Å². The summed E-state index contributed by atoms with van der Waals surface area (Å²) in [5.74, 6) is 1.30. The van der Waals surface area contributed by atoms with Gasteiger partial charge in [-0.05, 0) is 45.0 Å². The quantitative estimate of drug-likeness (QED) is 0.358. The first-order chi connectivity index (χ1) is 17.6. The molecule has 0 radical (unpaired) electrons. The van der Waals surface area contributed by atoms with Gasteiger partial charge in [0.2, 0.25) is 11.8 Å². The molecule has 0 bridgehead atoms. The van der Waals surface area contributed by atoms with Gasteiger partial charge in [-0.3, -0.25) is 0 Å². The summed E-state index contributed by atoms with van der Waals surface area (Å²) in [5, 5.41) is 0. The maximum atomic E-state index is 13.1. The summed E-state index contributed by atoms with van der Waals surface area (Å²) in [7, 11) is 5.92. The zero-order valence-electron chi connectivity index (χ0n) is 22.3. The molecule has 0 aliphatic rings. The average molecular weight is 508 g/mol. The third-order valence-electron chi connectivity index (χ3n) is 6.20. The molecule has 1 heterocycles. The number of carbonyl (C=O) groups is 2. The smallest absolute Gasteiger partial charge is 0.409 e. The number of benzene rings is 2. The van der Waals surface area contributed by atoms with Crippen LogP contribution in [0.4, 0.5) is 10.5 Å². The molecule has 9 heteroatoms. The lowest BCUT2D eigenvalue weighted by Crippen LogP contribution is -2.59. The standard InChI is InChI=1S/C28H33N3O6/c1-19-23(31(5)28(3,26(32)34-6)18-30(4)27(33)35-7)20(2)25(37-22-16-12-9-13-17-22)29-24(19)36-21-14-10-8-11-15-21/h8-17H,18H2,1-7H3. The van der Waals surface area contributed by atoms with Crippen LogP contribution in [0, 0.1) is 13.8 Å². The van der Waals surface area contributed by atoms with Gasteiger partial charge in [0.05, 0.1) is 26.5 Å². The number of para-hydroxylation sites is 2. The Kier molecular flexibility index (Phi) is 8.60. The monoisotopic (exact) mass is 507 g/mol. The molecule has 1 aromatic heterocycles. The van der Waals surface area contributed by atoms with Gasteiger partial charge in [0.25, 0.3) is 0 Å². The van der Waals surface area contributed by atoms with E-state index in [1.807, 2.05) is 74.5 Å². The van der Waals surface area contributed by atoms with Crippen LogP contribution in [0.25, 0.3) is 0 Å². The van der Waals surface area contributed by atoms with Crippen molar-refractivity contribution in [3.05, 3.63) is 71.8 Å². The maximum Gasteiger partial charge on any atom is 0.409 e. The van der Waals surface area contributed by atoms with Crippen molar-refractivity contribution in [1.29, 1.82) is 0 Å². The van der Waals surface area contributed by atoms with Crippen LogP contribution in [0.3, 0.4) is 0 Å². The Morgan fingerprint density at radius 2 is 1.27 bits per heavy atom. The van der Waals surface area contributed by atoms with Crippen LogP contribution in [-0.4, -0.2) is 62.3 Å². The van der Waals surface area contributed by atoms with Crippen molar-refractivity contribution < 1.29 is 28.5 Å². The Morgan fingerprint density at radius 3 is 1.68 bits per heavy atom. The Bertz CT molecular complexity index is 1170.